The Kier molecular flexibility index (Phi) is 3.57. The van der Waals surface area contributed by atoms with Gasteiger partial charge < -0.3 is 10.4 Å². The first-order valence-electron chi connectivity index (χ1n) is 5.64. The smallest absolute Gasteiger partial charge is 0.255 e. The van der Waals surface area contributed by atoms with Gasteiger partial charge in [0.25, 0.3) is 5.91 Å². The van der Waals surface area contributed by atoms with Gasteiger partial charge in [0.1, 0.15) is 5.75 Å². The molecule has 4 heteroatoms. The van der Waals surface area contributed by atoms with E-state index in [2.05, 4.69) is 10.3 Å². The highest BCUT2D eigenvalue weighted by molar-refractivity contribution is 5.96. The largest absolute Gasteiger partial charge is 0.507 e. The van der Waals surface area contributed by atoms with E-state index in [1.165, 1.54) is 6.07 Å². The molecule has 0 aliphatic rings. The number of nitrogens with one attached hydrogen (secondary N) is 1. The molecule has 18 heavy (non-hydrogen) atoms. The molecule has 1 aromatic carbocycles. The van der Waals surface area contributed by atoms with Gasteiger partial charge in [-0.25, -0.2) is 0 Å². The summed E-state index contributed by atoms with van der Waals surface area (Å²) in [5.74, 6) is -0.314. The molecule has 0 unspecified atom stereocenters. The van der Waals surface area contributed by atoms with Crippen LogP contribution in [0.5, 0.6) is 5.75 Å². The number of pyridine rings is 1. The average Bonchev–Trinajstić information content (AvgIpc) is 2.38. The van der Waals surface area contributed by atoms with Gasteiger partial charge in [0.05, 0.1) is 5.56 Å². The minimum Gasteiger partial charge on any atom is -0.507 e. The van der Waals surface area contributed by atoms with Crippen molar-refractivity contribution in [1.82, 2.24) is 10.3 Å². The molecule has 2 aromatic rings. The molecule has 1 amide bonds. The molecule has 0 aliphatic carbocycles. The van der Waals surface area contributed by atoms with Gasteiger partial charge in [0.15, 0.2) is 0 Å². The molecule has 2 N–H and O–H groups in total. The van der Waals surface area contributed by atoms with Crippen LogP contribution in [0.2, 0.25) is 0 Å². The van der Waals surface area contributed by atoms with Gasteiger partial charge in [-0.1, -0.05) is 18.2 Å². The van der Waals surface area contributed by atoms with Gasteiger partial charge >= 0.3 is 0 Å². The fourth-order valence-electron chi connectivity index (χ4n) is 1.55. The number of nitrogens with zero attached hydrogens (tertiary/aromatic N) is 1. The molecule has 0 bridgehead atoms. The highest BCUT2D eigenvalue weighted by atomic mass is 16.3. The SMILES string of the molecule is Cc1ccc(CNC(=O)c2ccccc2O)cn1. The van der Waals surface area contributed by atoms with Crippen molar-refractivity contribution in [2.24, 2.45) is 0 Å². The van der Waals surface area contributed by atoms with Crippen molar-refractivity contribution in [2.45, 2.75) is 13.5 Å². The molecule has 92 valence electrons. The fourth-order valence-corrected chi connectivity index (χ4v) is 1.55. The number of benzene rings is 1. The Morgan fingerprint density at radius 2 is 2.06 bits per heavy atom. The number of phenolic OH excluding ortho intramolecular Hbond substituents is 1. The van der Waals surface area contributed by atoms with Crippen molar-refractivity contribution in [2.75, 3.05) is 0 Å². The Morgan fingerprint density at radius 1 is 1.28 bits per heavy atom. The summed E-state index contributed by atoms with van der Waals surface area (Å²) in [4.78, 5) is 16.0. The number of aromatic hydroxyl groups is 1. The third-order valence-electron chi connectivity index (χ3n) is 2.57. The van der Waals surface area contributed by atoms with Crippen LogP contribution in [0.25, 0.3) is 0 Å². The predicted molar refractivity (Wildman–Crippen MR) is 68.3 cm³/mol. The van der Waals surface area contributed by atoms with Crippen LogP contribution in [0, 0.1) is 6.92 Å². The van der Waals surface area contributed by atoms with Crippen LogP contribution in [0.4, 0.5) is 0 Å². The maximum atomic E-state index is 11.8. The molecular weight excluding hydrogens is 228 g/mol. The Hall–Kier alpha value is -2.36. The number of carbonyl (C=O) groups is 1. The summed E-state index contributed by atoms with van der Waals surface area (Å²) < 4.78 is 0. The molecule has 1 heterocycles. The molecule has 0 spiro atoms. The molecule has 2 rings (SSSR count). The maximum absolute atomic E-state index is 11.8. The third-order valence-corrected chi connectivity index (χ3v) is 2.57. The number of carbonyl (C=O) groups excluding carboxylic acids is 1. The zero-order valence-corrected chi connectivity index (χ0v) is 10.1. The lowest BCUT2D eigenvalue weighted by Crippen LogP contribution is -2.22. The second-order valence-corrected chi connectivity index (χ2v) is 4.01. The first kappa shape index (κ1) is 12.1. The Morgan fingerprint density at radius 3 is 2.72 bits per heavy atom. The van der Waals surface area contributed by atoms with Gasteiger partial charge in [0, 0.05) is 18.4 Å². The van der Waals surface area contributed by atoms with E-state index in [4.69, 9.17) is 0 Å². The van der Waals surface area contributed by atoms with Crippen LogP contribution in [0.15, 0.2) is 42.6 Å². The van der Waals surface area contributed by atoms with Crippen LogP contribution < -0.4 is 5.32 Å². The van der Waals surface area contributed by atoms with Crippen LogP contribution in [0.3, 0.4) is 0 Å². The zero-order chi connectivity index (χ0) is 13.0. The second kappa shape index (κ2) is 5.31. The predicted octanol–water partition coefficient (Wildman–Crippen LogP) is 2.03. The summed E-state index contributed by atoms with van der Waals surface area (Å²) in [5, 5.41) is 12.3. The van der Waals surface area contributed by atoms with Crippen LogP contribution >= 0.6 is 0 Å². The number of hydrogen-bond acceptors (Lipinski definition) is 3. The van der Waals surface area contributed by atoms with Gasteiger partial charge in [-0.05, 0) is 30.7 Å². The molecule has 0 saturated heterocycles. The summed E-state index contributed by atoms with van der Waals surface area (Å²) >= 11 is 0. The number of hydrogen-bond donors (Lipinski definition) is 2. The normalized spacial score (nSPS) is 10.1. The Bertz CT molecular complexity index is 550. The van der Waals surface area contributed by atoms with Crippen molar-refractivity contribution in [3.63, 3.8) is 0 Å². The van der Waals surface area contributed by atoms with Crippen LogP contribution in [-0.2, 0) is 6.54 Å². The number of aryl methyl sites for hydroxylation is 1. The van der Waals surface area contributed by atoms with Gasteiger partial charge in [-0.15, -0.1) is 0 Å². The zero-order valence-electron chi connectivity index (χ0n) is 10.1. The second-order valence-electron chi connectivity index (χ2n) is 4.01. The fraction of sp³-hybridized carbons (Fsp3) is 0.143. The number of aromatic nitrogens is 1. The van der Waals surface area contributed by atoms with Crippen molar-refractivity contribution in [1.29, 1.82) is 0 Å². The summed E-state index contributed by atoms with van der Waals surface area (Å²) in [6.45, 7) is 2.30. The van der Waals surface area contributed by atoms with E-state index >= 15 is 0 Å². The van der Waals surface area contributed by atoms with Crippen LogP contribution in [-0.4, -0.2) is 16.0 Å². The lowest BCUT2D eigenvalue weighted by atomic mass is 10.2. The van der Waals surface area contributed by atoms with Gasteiger partial charge in [0.2, 0.25) is 0 Å². The number of rotatable bonds is 3. The molecule has 4 nitrogen and oxygen atoms in total. The molecular formula is C14H14N2O2. The quantitative estimate of drug-likeness (QED) is 0.865. The Balaban J connectivity index is 2.01. The summed E-state index contributed by atoms with van der Waals surface area (Å²) in [6.07, 6.45) is 1.72. The van der Waals surface area contributed by atoms with Crippen molar-refractivity contribution < 1.29 is 9.90 Å². The van der Waals surface area contributed by atoms with Gasteiger partial charge in [-0.2, -0.15) is 0 Å². The van der Waals surface area contributed by atoms with E-state index in [0.29, 0.717) is 6.54 Å². The summed E-state index contributed by atoms with van der Waals surface area (Å²) in [5.41, 5.74) is 2.13. The van der Waals surface area contributed by atoms with E-state index in [-0.39, 0.29) is 17.2 Å². The summed E-state index contributed by atoms with van der Waals surface area (Å²) in [6, 6.07) is 10.3. The lowest BCUT2D eigenvalue weighted by Gasteiger charge is -2.06. The monoisotopic (exact) mass is 242 g/mol. The minimum absolute atomic E-state index is 0.0166. The number of amides is 1. The summed E-state index contributed by atoms with van der Waals surface area (Å²) in [7, 11) is 0. The van der Waals surface area contributed by atoms with E-state index in [0.717, 1.165) is 11.3 Å². The standard InChI is InChI=1S/C14H14N2O2/c1-10-6-7-11(8-15-10)9-16-14(18)12-4-2-3-5-13(12)17/h2-8,17H,9H2,1H3,(H,16,18). The van der Waals surface area contributed by atoms with E-state index in [1.54, 1.807) is 24.4 Å². The first-order valence-corrected chi connectivity index (χ1v) is 5.64. The molecule has 0 saturated carbocycles. The maximum Gasteiger partial charge on any atom is 0.255 e. The van der Waals surface area contributed by atoms with Crippen LogP contribution in [0.1, 0.15) is 21.6 Å². The third kappa shape index (κ3) is 2.85. The topological polar surface area (TPSA) is 62.2 Å². The molecule has 0 fully saturated rings. The first-order chi connectivity index (χ1) is 8.66. The van der Waals surface area contributed by atoms with E-state index in [1.807, 2.05) is 19.1 Å². The number of para-hydroxylation sites is 1. The molecule has 1 aromatic heterocycles. The van der Waals surface area contributed by atoms with Crippen molar-refractivity contribution in [3.8, 4) is 5.75 Å². The van der Waals surface area contributed by atoms with Crippen molar-refractivity contribution >= 4 is 5.91 Å². The molecule has 0 atom stereocenters. The van der Waals surface area contributed by atoms with E-state index < -0.39 is 0 Å². The highest BCUT2D eigenvalue weighted by Gasteiger charge is 2.09. The van der Waals surface area contributed by atoms with Crippen molar-refractivity contribution in [3.05, 3.63) is 59.4 Å². The number of phenols is 1. The molecule has 0 radical (unpaired) electrons. The van der Waals surface area contributed by atoms with Gasteiger partial charge in [-0.3, -0.25) is 9.78 Å². The highest BCUT2D eigenvalue weighted by Crippen LogP contribution is 2.15. The average molecular weight is 242 g/mol. The minimum atomic E-state index is -0.298. The Labute approximate surface area is 105 Å². The lowest BCUT2D eigenvalue weighted by molar-refractivity contribution is 0.0948. The molecule has 0 aliphatic heterocycles. The van der Waals surface area contributed by atoms with E-state index in [9.17, 15) is 9.90 Å².